The number of hydrogen-bond donors (Lipinski definition) is 2. The number of rotatable bonds is 83. The fourth-order valence-corrected chi connectivity index (χ4v) is 17.0. The van der Waals surface area contributed by atoms with Crippen molar-refractivity contribution in [3.05, 3.63) is 126 Å². The van der Waals surface area contributed by atoms with Crippen molar-refractivity contribution in [1.82, 2.24) is 9.97 Å². The first-order valence-corrected chi connectivity index (χ1v) is 52.3. The molecule has 0 radical (unpaired) electrons. The molecule has 0 saturated heterocycles. The van der Waals surface area contributed by atoms with E-state index in [1.54, 1.807) is 48.2 Å². The SMILES string of the molecule is CCCCCCCCCCCCOc1cc(C(=O)N(C)c2ccc(-c3ccc(C(=O)/C=C(\OB(F)F)c4ccc(-c5ccc(N(C)C(=O)c6cc(OCCCCCCCCCCCC)c(OCCCCCCCCCCCC)c(OCCCCCCCCCCCC)c6)cc5)[nH]4)[nH]3)cc2)cc(OCCCCCCCCCCCC)c1OCCCCCCCCCCCC. The van der Waals surface area contributed by atoms with Crippen molar-refractivity contribution >= 4 is 42.2 Å². The number of ether oxygens (including phenoxy) is 6. The van der Waals surface area contributed by atoms with Gasteiger partial charge in [-0.05, 0) is 122 Å². The number of nitrogens with one attached hydrogen (secondary N) is 2. The Labute approximate surface area is 776 Å². The summed E-state index contributed by atoms with van der Waals surface area (Å²) < 4.78 is 73.9. The summed E-state index contributed by atoms with van der Waals surface area (Å²) in [5, 5.41) is 0. The second-order valence-corrected chi connectivity index (χ2v) is 36.4. The summed E-state index contributed by atoms with van der Waals surface area (Å²) in [5.74, 6) is 1.83. The highest BCUT2D eigenvalue weighted by molar-refractivity contribution is 6.36. The first-order chi connectivity index (χ1) is 62.8. The molecule has 0 atom stereocenters. The zero-order valence-corrected chi connectivity index (χ0v) is 81.8. The summed E-state index contributed by atoms with van der Waals surface area (Å²) in [5.41, 5.74) is 5.09. The molecule has 0 bridgehead atoms. The van der Waals surface area contributed by atoms with Crippen molar-refractivity contribution in [2.45, 2.75) is 427 Å². The minimum Gasteiger partial charge on any atom is -0.503 e. The molecule has 0 aliphatic heterocycles. The second-order valence-electron chi connectivity index (χ2n) is 36.4. The zero-order chi connectivity index (χ0) is 91.3. The lowest BCUT2D eigenvalue weighted by Gasteiger charge is -2.21. The van der Waals surface area contributed by atoms with Crippen LogP contribution in [0.25, 0.3) is 28.3 Å². The topological polar surface area (TPSA) is 154 Å². The van der Waals surface area contributed by atoms with E-state index in [1.807, 2.05) is 72.8 Å². The van der Waals surface area contributed by atoms with Gasteiger partial charge in [-0.15, -0.1) is 0 Å². The number of hydrogen-bond acceptors (Lipinski definition) is 10. The van der Waals surface area contributed by atoms with Crippen LogP contribution in [0.1, 0.15) is 464 Å². The van der Waals surface area contributed by atoms with Crippen molar-refractivity contribution in [1.29, 1.82) is 0 Å². The maximum absolute atomic E-state index is 14.9. The number of ketones is 1. The molecule has 0 spiro atoms. The summed E-state index contributed by atoms with van der Waals surface area (Å²) in [6.45, 7) is 16.6. The van der Waals surface area contributed by atoms with E-state index in [9.17, 15) is 23.0 Å². The monoisotopic (exact) mass is 1770 g/mol. The highest BCUT2D eigenvalue weighted by Gasteiger charge is 2.27. The number of allylic oxidation sites excluding steroid dienone is 1. The summed E-state index contributed by atoms with van der Waals surface area (Å²) in [6, 6.07) is 28.9. The lowest BCUT2D eigenvalue weighted by atomic mass is 10.1. The highest BCUT2D eigenvalue weighted by atomic mass is 19.2. The van der Waals surface area contributed by atoms with Gasteiger partial charge >= 0.3 is 7.47 Å². The lowest BCUT2D eigenvalue weighted by Crippen LogP contribution is -2.26. The van der Waals surface area contributed by atoms with Gasteiger partial charge in [-0.3, -0.25) is 14.4 Å². The van der Waals surface area contributed by atoms with Gasteiger partial charge in [0.25, 0.3) is 11.8 Å². The van der Waals surface area contributed by atoms with E-state index in [0.29, 0.717) is 114 Å². The molecule has 128 heavy (non-hydrogen) atoms. The molecule has 0 fully saturated rings. The standard InChI is InChI=1S/C111H175BF2N4O10/c1-9-15-21-27-33-39-45-51-57-63-81-122-104-87-94(88-105(123-82-64-58-52-46-40-34-28-22-16-10-2)108(104)126-85-67-61-55-49-43-37-31-25-19-13-5)110(120)117(7)96-73-69-92(70-74-96)98-77-79-100(115-98)102(119)91-103(128-112(113)114)101-80-78-99(116-101)93-71-75-97(76-72-93)118(8)111(121)95-89-106(124-83-65-59-53-47-41-35-29-23-17-11-3)109(127-86-68-62-56-50-44-38-32-26-20-14-6)107(90-95)125-84-66-60-54-48-42-36-30-24-18-12-4/h69-80,87-91,115-116H,9-68,81-86H2,1-8H3/b103-91-. The molecule has 2 aromatic heterocycles. The van der Waals surface area contributed by atoms with Crippen molar-refractivity contribution in [2.24, 2.45) is 0 Å². The van der Waals surface area contributed by atoms with E-state index in [4.69, 9.17) is 33.1 Å². The van der Waals surface area contributed by atoms with Gasteiger partial charge in [0.15, 0.2) is 23.0 Å². The summed E-state index contributed by atoms with van der Waals surface area (Å²) in [7, 11) is 0.284. The molecule has 0 unspecified atom stereocenters. The Kier molecular flexibility index (Phi) is 60.5. The highest BCUT2D eigenvalue weighted by Crippen LogP contribution is 2.43. The number of amides is 2. The fourth-order valence-electron chi connectivity index (χ4n) is 17.0. The molecular weight excluding hydrogens is 1600 g/mol. The number of halogens is 2. The van der Waals surface area contributed by atoms with Crippen LogP contribution in [0.2, 0.25) is 0 Å². The smallest absolute Gasteiger partial charge is 0.503 e. The Morgan fingerprint density at radius 3 is 0.750 bits per heavy atom. The Bertz CT molecular complexity index is 3740. The van der Waals surface area contributed by atoms with E-state index in [-0.39, 0.29) is 29.0 Å². The number of H-pyrrole nitrogens is 2. The predicted octanol–water partition coefficient (Wildman–Crippen LogP) is 34.2. The van der Waals surface area contributed by atoms with Gasteiger partial charge in [-0.25, -0.2) is 8.63 Å². The fraction of sp³-hybridized carbons (Fsp3) is 0.667. The Balaban J connectivity index is 1.16. The third kappa shape index (κ3) is 45.9. The van der Waals surface area contributed by atoms with Crippen LogP contribution in [0.3, 0.4) is 0 Å². The van der Waals surface area contributed by atoms with Crippen LogP contribution < -0.4 is 38.2 Å². The number of benzene rings is 4. The van der Waals surface area contributed by atoms with E-state index in [1.165, 1.54) is 295 Å². The number of carbonyl (C=O) groups excluding carboxylic acids is 3. The molecule has 14 nitrogen and oxygen atoms in total. The lowest BCUT2D eigenvalue weighted by molar-refractivity contribution is 0.0984. The normalized spacial score (nSPS) is 11.5. The van der Waals surface area contributed by atoms with Crippen LogP contribution in [0.15, 0.2) is 103 Å². The summed E-state index contributed by atoms with van der Waals surface area (Å²) >= 11 is 0. The number of aromatic amines is 2. The molecule has 6 rings (SSSR count). The van der Waals surface area contributed by atoms with Crippen LogP contribution in [0, 0.1) is 0 Å². The number of unbranched alkanes of at least 4 members (excludes halogenated alkanes) is 54. The van der Waals surface area contributed by atoms with Gasteiger partial charge in [-0.2, -0.15) is 0 Å². The third-order valence-corrected chi connectivity index (χ3v) is 25.2. The van der Waals surface area contributed by atoms with Crippen LogP contribution in [-0.2, 0) is 4.65 Å². The number of aromatic nitrogens is 2. The van der Waals surface area contributed by atoms with E-state index in [2.05, 4.69) is 51.5 Å². The summed E-state index contributed by atoms with van der Waals surface area (Å²) in [6.07, 6.45) is 74.1. The van der Waals surface area contributed by atoms with Crippen LogP contribution in [0.4, 0.5) is 20.0 Å². The Morgan fingerprint density at radius 2 is 0.508 bits per heavy atom. The van der Waals surface area contributed by atoms with Gasteiger partial charge in [0.05, 0.1) is 51.0 Å². The molecule has 716 valence electrons. The molecule has 2 amide bonds. The Hall–Kier alpha value is -7.69. The van der Waals surface area contributed by atoms with Gasteiger partial charge < -0.3 is 52.8 Å². The van der Waals surface area contributed by atoms with Gasteiger partial charge in [0.1, 0.15) is 5.76 Å². The largest absolute Gasteiger partial charge is 0.796 e. The van der Waals surface area contributed by atoms with E-state index >= 15 is 0 Å². The predicted molar refractivity (Wildman–Crippen MR) is 536 cm³/mol. The molecular formula is C111H175BF2N4O10. The van der Waals surface area contributed by atoms with Crippen LogP contribution in [-0.4, -0.2) is 88.8 Å². The molecule has 2 heterocycles. The van der Waals surface area contributed by atoms with Gasteiger partial charge in [0, 0.05) is 54.1 Å². The minimum atomic E-state index is -3.23. The van der Waals surface area contributed by atoms with E-state index < -0.39 is 13.3 Å². The number of carbonyl (C=O) groups is 3. The maximum Gasteiger partial charge on any atom is 0.796 e. The third-order valence-electron chi connectivity index (χ3n) is 25.2. The van der Waals surface area contributed by atoms with Crippen molar-refractivity contribution in [2.75, 3.05) is 63.5 Å². The molecule has 17 heteroatoms. The molecule has 6 aromatic rings. The van der Waals surface area contributed by atoms with Crippen molar-refractivity contribution < 1.29 is 56.1 Å². The second kappa shape index (κ2) is 71.1. The van der Waals surface area contributed by atoms with Crippen molar-refractivity contribution in [3.8, 4) is 57.0 Å². The van der Waals surface area contributed by atoms with Crippen molar-refractivity contribution in [3.63, 3.8) is 0 Å². The quantitative estimate of drug-likeness (QED) is 0.0124. The average molecular weight is 1770 g/mol. The van der Waals surface area contributed by atoms with Crippen LogP contribution >= 0.6 is 0 Å². The first-order valence-electron chi connectivity index (χ1n) is 52.3. The van der Waals surface area contributed by atoms with E-state index in [0.717, 1.165) is 102 Å². The number of nitrogens with zero attached hydrogens (tertiary/aromatic N) is 2. The molecule has 2 N–H and O–H groups in total. The minimum absolute atomic E-state index is 0.158. The van der Waals surface area contributed by atoms with Crippen LogP contribution in [0.5, 0.6) is 34.5 Å². The Morgan fingerprint density at radius 1 is 0.289 bits per heavy atom. The first kappa shape index (κ1) is 109. The molecule has 0 aliphatic rings. The maximum atomic E-state index is 14.9. The molecule has 0 aliphatic carbocycles. The molecule has 0 saturated carbocycles. The molecule has 4 aromatic carbocycles. The van der Waals surface area contributed by atoms with Gasteiger partial charge in [0.2, 0.25) is 17.3 Å². The number of anilines is 2. The van der Waals surface area contributed by atoms with Gasteiger partial charge in [-0.1, -0.05) is 413 Å². The summed E-state index contributed by atoms with van der Waals surface area (Å²) in [4.78, 5) is 53.5. The average Bonchev–Trinajstić information content (AvgIpc) is 1.08. The zero-order valence-electron chi connectivity index (χ0n) is 81.8.